The number of carbonyl (C=O) groups is 1. The van der Waals surface area contributed by atoms with Gasteiger partial charge in [0.25, 0.3) is 0 Å². The molecule has 0 atom stereocenters. The van der Waals surface area contributed by atoms with Crippen LogP contribution >= 0.6 is 0 Å². The monoisotopic (exact) mass is 324 g/mol. The average Bonchev–Trinajstić information content (AvgIpc) is 3.10. The second kappa shape index (κ2) is 6.51. The molecule has 0 bridgehead atoms. The minimum atomic E-state index is 0.114. The Morgan fingerprint density at radius 2 is 2.04 bits per heavy atom. The van der Waals surface area contributed by atoms with Gasteiger partial charge in [0.15, 0.2) is 0 Å². The first-order chi connectivity index (χ1) is 11.5. The topological polar surface area (TPSA) is 53.9 Å². The number of nitrogens with one attached hydrogen (secondary N) is 1. The third-order valence-electron chi connectivity index (χ3n) is 4.67. The second-order valence-electron chi connectivity index (χ2n) is 6.25. The molecule has 2 heterocycles. The van der Waals surface area contributed by atoms with Gasteiger partial charge in [0.2, 0.25) is 5.91 Å². The van der Waals surface area contributed by atoms with Gasteiger partial charge in [-0.3, -0.25) is 9.48 Å². The van der Waals surface area contributed by atoms with E-state index in [2.05, 4.69) is 23.9 Å². The quantitative estimate of drug-likeness (QED) is 0.783. The van der Waals surface area contributed by atoms with Crippen LogP contribution < -0.4 is 0 Å². The fraction of sp³-hybridized carbons (Fsp3) is 0.368. The fourth-order valence-electron chi connectivity index (χ4n) is 3.17. The number of rotatable bonds is 5. The van der Waals surface area contributed by atoms with Gasteiger partial charge in [0.1, 0.15) is 0 Å². The van der Waals surface area contributed by atoms with E-state index in [0.29, 0.717) is 13.0 Å². The number of aryl methyl sites for hydroxylation is 2. The molecule has 1 aromatic carbocycles. The van der Waals surface area contributed by atoms with Gasteiger partial charge >= 0.3 is 0 Å². The van der Waals surface area contributed by atoms with Crippen LogP contribution in [-0.2, 0) is 24.3 Å². The van der Waals surface area contributed by atoms with E-state index in [0.717, 1.165) is 40.0 Å². The Balaban J connectivity index is 1.75. The summed E-state index contributed by atoms with van der Waals surface area (Å²) in [5.74, 6) is 0.114. The Morgan fingerprint density at radius 3 is 2.75 bits per heavy atom. The van der Waals surface area contributed by atoms with E-state index < -0.39 is 0 Å². The molecule has 0 saturated carbocycles. The predicted molar refractivity (Wildman–Crippen MR) is 95.9 cm³/mol. The molecule has 0 fully saturated rings. The summed E-state index contributed by atoms with van der Waals surface area (Å²) in [7, 11) is 1.86. The summed E-state index contributed by atoms with van der Waals surface area (Å²) in [4.78, 5) is 17.7. The molecule has 5 heteroatoms. The molecule has 2 aromatic heterocycles. The van der Waals surface area contributed by atoms with Gasteiger partial charge in [-0.2, -0.15) is 5.10 Å². The van der Waals surface area contributed by atoms with Gasteiger partial charge in [-0.1, -0.05) is 18.2 Å². The molecule has 0 aliphatic rings. The van der Waals surface area contributed by atoms with Gasteiger partial charge in [0, 0.05) is 48.5 Å². The Bertz CT molecular complexity index is 875. The maximum atomic E-state index is 12.6. The highest BCUT2D eigenvalue weighted by molar-refractivity contribution is 5.88. The van der Waals surface area contributed by atoms with E-state index in [-0.39, 0.29) is 5.91 Å². The van der Waals surface area contributed by atoms with Crippen LogP contribution in [0.2, 0.25) is 0 Å². The normalized spacial score (nSPS) is 11.2. The third kappa shape index (κ3) is 2.94. The van der Waals surface area contributed by atoms with Crippen LogP contribution in [0.15, 0.2) is 30.5 Å². The number of aromatic amines is 1. The van der Waals surface area contributed by atoms with Crippen LogP contribution in [0.5, 0.6) is 0 Å². The molecule has 5 nitrogen and oxygen atoms in total. The van der Waals surface area contributed by atoms with E-state index >= 15 is 0 Å². The molecular weight excluding hydrogens is 300 g/mol. The molecule has 1 N–H and O–H groups in total. The molecule has 126 valence electrons. The minimum Gasteiger partial charge on any atom is -0.361 e. The fourth-order valence-corrected chi connectivity index (χ4v) is 3.17. The first-order valence-electron chi connectivity index (χ1n) is 8.33. The van der Waals surface area contributed by atoms with Crippen molar-refractivity contribution < 1.29 is 4.79 Å². The van der Waals surface area contributed by atoms with Crippen LogP contribution in [0.3, 0.4) is 0 Å². The molecule has 3 aromatic rings. The van der Waals surface area contributed by atoms with E-state index in [1.807, 2.05) is 49.1 Å². The number of hydrogen-bond donors (Lipinski definition) is 1. The van der Waals surface area contributed by atoms with Crippen molar-refractivity contribution in [2.24, 2.45) is 0 Å². The summed E-state index contributed by atoms with van der Waals surface area (Å²) in [6, 6.07) is 8.07. The van der Waals surface area contributed by atoms with Crippen molar-refractivity contribution in [3.63, 3.8) is 0 Å². The Morgan fingerprint density at radius 1 is 1.29 bits per heavy atom. The summed E-state index contributed by atoms with van der Waals surface area (Å²) < 4.78 is 1.99. The zero-order chi connectivity index (χ0) is 17.3. The van der Waals surface area contributed by atoms with Crippen LogP contribution in [-0.4, -0.2) is 32.6 Å². The van der Waals surface area contributed by atoms with Gasteiger partial charge in [0.05, 0.1) is 12.1 Å². The van der Waals surface area contributed by atoms with Crippen molar-refractivity contribution >= 4 is 16.8 Å². The Hall–Kier alpha value is -2.56. The zero-order valence-electron chi connectivity index (χ0n) is 14.8. The molecule has 0 radical (unpaired) electrons. The van der Waals surface area contributed by atoms with Gasteiger partial charge in [-0.05, 0) is 32.4 Å². The van der Waals surface area contributed by atoms with Crippen molar-refractivity contribution in [1.82, 2.24) is 19.7 Å². The van der Waals surface area contributed by atoms with Gasteiger partial charge in [-0.15, -0.1) is 0 Å². The van der Waals surface area contributed by atoms with Gasteiger partial charge in [-0.25, -0.2) is 0 Å². The van der Waals surface area contributed by atoms with E-state index in [1.165, 1.54) is 0 Å². The van der Waals surface area contributed by atoms with Crippen molar-refractivity contribution in [3.8, 4) is 0 Å². The highest BCUT2D eigenvalue weighted by atomic mass is 16.2. The average molecular weight is 324 g/mol. The van der Waals surface area contributed by atoms with E-state index in [9.17, 15) is 4.79 Å². The number of hydrogen-bond acceptors (Lipinski definition) is 2. The second-order valence-corrected chi connectivity index (χ2v) is 6.25. The highest BCUT2D eigenvalue weighted by Crippen LogP contribution is 2.20. The summed E-state index contributed by atoms with van der Waals surface area (Å²) in [6.07, 6.45) is 2.34. The summed E-state index contributed by atoms with van der Waals surface area (Å²) in [5.41, 5.74) is 5.40. The molecule has 0 aliphatic carbocycles. The highest BCUT2D eigenvalue weighted by Gasteiger charge is 2.17. The van der Waals surface area contributed by atoms with Crippen molar-refractivity contribution in [1.29, 1.82) is 0 Å². The molecule has 24 heavy (non-hydrogen) atoms. The van der Waals surface area contributed by atoms with Crippen molar-refractivity contribution in [2.75, 3.05) is 7.05 Å². The lowest BCUT2D eigenvalue weighted by molar-refractivity contribution is -0.129. The standard InChI is InChI=1S/C19H24N4O/c1-5-23-14(3)17(13(2)21-23)12-22(4)19(24)10-15-11-20-18-9-7-6-8-16(15)18/h6-9,11,20H,5,10,12H2,1-4H3. The number of aromatic nitrogens is 3. The third-order valence-corrected chi connectivity index (χ3v) is 4.67. The lowest BCUT2D eigenvalue weighted by Crippen LogP contribution is -2.28. The number of carbonyl (C=O) groups excluding carboxylic acids is 1. The van der Waals surface area contributed by atoms with E-state index in [4.69, 9.17) is 0 Å². The number of nitrogens with zero attached hydrogens (tertiary/aromatic N) is 3. The van der Waals surface area contributed by atoms with Crippen molar-refractivity contribution in [2.45, 2.75) is 40.3 Å². The molecular formula is C19H24N4O. The first-order valence-corrected chi connectivity index (χ1v) is 8.33. The summed E-state index contributed by atoms with van der Waals surface area (Å²) >= 11 is 0. The molecule has 0 saturated heterocycles. The Labute approximate surface area is 142 Å². The zero-order valence-corrected chi connectivity index (χ0v) is 14.8. The van der Waals surface area contributed by atoms with Crippen LogP contribution in [0.25, 0.3) is 10.9 Å². The number of likely N-dealkylation sites (N-methyl/N-ethyl adjacent to an activating group) is 1. The smallest absolute Gasteiger partial charge is 0.227 e. The maximum absolute atomic E-state index is 12.6. The van der Waals surface area contributed by atoms with Crippen LogP contribution in [0, 0.1) is 13.8 Å². The van der Waals surface area contributed by atoms with Gasteiger partial charge < -0.3 is 9.88 Å². The van der Waals surface area contributed by atoms with Crippen LogP contribution in [0.4, 0.5) is 0 Å². The summed E-state index contributed by atoms with van der Waals surface area (Å²) in [5, 5.41) is 5.65. The minimum absolute atomic E-state index is 0.114. The molecule has 0 aliphatic heterocycles. The molecule has 0 spiro atoms. The lowest BCUT2D eigenvalue weighted by atomic mass is 10.1. The first kappa shape index (κ1) is 16.3. The molecule has 0 unspecified atom stereocenters. The molecule has 1 amide bonds. The molecule has 3 rings (SSSR count). The Kier molecular flexibility index (Phi) is 4.42. The van der Waals surface area contributed by atoms with Crippen LogP contribution in [0.1, 0.15) is 29.4 Å². The maximum Gasteiger partial charge on any atom is 0.227 e. The number of amides is 1. The number of fused-ring (bicyclic) bond motifs is 1. The largest absolute Gasteiger partial charge is 0.361 e. The predicted octanol–water partition coefficient (Wildman–Crippen LogP) is 3.20. The SMILES string of the molecule is CCn1nc(C)c(CN(C)C(=O)Cc2c[nH]c3ccccc23)c1C. The lowest BCUT2D eigenvalue weighted by Gasteiger charge is -2.17. The number of para-hydroxylation sites is 1. The van der Waals surface area contributed by atoms with Crippen molar-refractivity contribution in [3.05, 3.63) is 53.0 Å². The van der Waals surface area contributed by atoms with E-state index in [1.54, 1.807) is 4.90 Å². The summed E-state index contributed by atoms with van der Waals surface area (Å²) in [6.45, 7) is 7.59. The number of benzene rings is 1. The number of H-pyrrole nitrogens is 1.